The van der Waals surface area contributed by atoms with Crippen molar-refractivity contribution < 1.29 is 18.1 Å². The summed E-state index contributed by atoms with van der Waals surface area (Å²) in [6.07, 6.45) is 0.344. The van der Waals surface area contributed by atoms with Gasteiger partial charge in [-0.3, -0.25) is 9.45 Å². The molecule has 0 radical (unpaired) electrons. The average Bonchev–Trinajstić information content (AvgIpc) is 2.97. The Labute approximate surface area is 251 Å². The maximum atomic E-state index is 11.3. The first-order valence-corrected chi connectivity index (χ1v) is 15.8. The molecular weight excluding hydrogens is 544 g/mol. The van der Waals surface area contributed by atoms with Crippen molar-refractivity contribution in [2.75, 3.05) is 13.1 Å². The molecule has 42 heavy (non-hydrogen) atoms. The number of aliphatic hydroxyl groups is 1. The van der Waals surface area contributed by atoms with E-state index in [0.29, 0.717) is 18.0 Å². The number of rotatable bonds is 13. The van der Waals surface area contributed by atoms with Crippen molar-refractivity contribution >= 4 is 10.1 Å². The van der Waals surface area contributed by atoms with Gasteiger partial charge >= 0.3 is 0 Å². The lowest BCUT2D eigenvalue weighted by molar-refractivity contribution is 0.0390. The molecule has 0 aromatic heterocycles. The van der Waals surface area contributed by atoms with Gasteiger partial charge in [0.15, 0.2) is 0 Å². The number of hydrogen-bond acceptors (Lipinski definition) is 5. The predicted molar refractivity (Wildman–Crippen MR) is 171 cm³/mol. The number of nitrogens with one attached hydrogen (secondary N) is 1. The highest BCUT2D eigenvalue weighted by molar-refractivity contribution is 7.85. The van der Waals surface area contributed by atoms with Gasteiger partial charge in [0.05, 0.1) is 11.0 Å². The van der Waals surface area contributed by atoms with E-state index in [1.807, 2.05) is 6.07 Å². The third-order valence-electron chi connectivity index (χ3n) is 6.94. The highest BCUT2D eigenvalue weighted by Gasteiger charge is 2.27. The van der Waals surface area contributed by atoms with E-state index in [1.54, 1.807) is 25.1 Å². The molecule has 4 aromatic rings. The van der Waals surface area contributed by atoms with E-state index >= 15 is 0 Å². The Balaban J connectivity index is 0.000000369. The van der Waals surface area contributed by atoms with Crippen LogP contribution in [0.4, 0.5) is 0 Å². The van der Waals surface area contributed by atoms with Crippen molar-refractivity contribution in [1.82, 2.24) is 10.2 Å². The molecule has 0 aliphatic carbocycles. The minimum Gasteiger partial charge on any atom is -0.390 e. The number of aliphatic hydroxyl groups excluding tert-OH is 1. The van der Waals surface area contributed by atoms with Gasteiger partial charge in [-0.15, -0.1) is 0 Å². The quantitative estimate of drug-likeness (QED) is 0.162. The average molecular weight is 589 g/mol. The maximum Gasteiger partial charge on any atom is 0.294 e. The van der Waals surface area contributed by atoms with Gasteiger partial charge in [0.25, 0.3) is 10.1 Å². The predicted octanol–water partition coefficient (Wildman–Crippen LogP) is 6.15. The second-order valence-corrected chi connectivity index (χ2v) is 12.4. The van der Waals surface area contributed by atoms with Crippen molar-refractivity contribution in [3.63, 3.8) is 0 Å². The summed E-state index contributed by atoms with van der Waals surface area (Å²) in [7, 11) is -4.03. The van der Waals surface area contributed by atoms with Crippen LogP contribution in [0.2, 0.25) is 0 Å². The molecule has 0 spiro atoms. The van der Waals surface area contributed by atoms with Crippen molar-refractivity contribution in [2.45, 2.75) is 57.3 Å². The summed E-state index contributed by atoms with van der Waals surface area (Å²) < 4.78 is 29.9. The molecule has 2 atom stereocenters. The summed E-state index contributed by atoms with van der Waals surface area (Å²) >= 11 is 0. The van der Waals surface area contributed by atoms with Gasteiger partial charge < -0.3 is 10.4 Å². The minimum absolute atomic E-state index is 0.00229. The Bertz CT molecular complexity index is 1370. The van der Waals surface area contributed by atoms with Crippen molar-refractivity contribution in [3.05, 3.63) is 138 Å². The zero-order chi connectivity index (χ0) is 30.4. The lowest BCUT2D eigenvalue weighted by Crippen LogP contribution is -2.48. The van der Waals surface area contributed by atoms with Crippen LogP contribution in [-0.2, 0) is 29.6 Å². The van der Waals surface area contributed by atoms with Gasteiger partial charge in [0.2, 0.25) is 0 Å². The first-order valence-electron chi connectivity index (χ1n) is 14.4. The fourth-order valence-electron chi connectivity index (χ4n) is 4.79. The topological polar surface area (TPSA) is 89.9 Å². The molecule has 4 rings (SSSR count). The fourth-order valence-corrected chi connectivity index (χ4v) is 5.52. The summed E-state index contributed by atoms with van der Waals surface area (Å²) in [5.74, 6) is 0.560. The largest absolute Gasteiger partial charge is 0.390 e. The summed E-state index contributed by atoms with van der Waals surface area (Å²) in [5.41, 5.74) is 4.33. The first kappa shape index (κ1) is 33.2. The molecule has 6 nitrogen and oxygen atoms in total. The Kier molecular flexibility index (Phi) is 13.4. The number of aryl methyl sites for hydroxylation is 1. The molecule has 0 amide bonds. The van der Waals surface area contributed by atoms with Crippen LogP contribution in [0.25, 0.3) is 0 Å². The normalized spacial score (nSPS) is 12.9. The van der Waals surface area contributed by atoms with Crippen LogP contribution in [0, 0.1) is 12.8 Å². The van der Waals surface area contributed by atoms with Gasteiger partial charge in [-0.2, -0.15) is 8.42 Å². The van der Waals surface area contributed by atoms with Gasteiger partial charge in [-0.1, -0.05) is 123 Å². The highest BCUT2D eigenvalue weighted by atomic mass is 32.2. The Morgan fingerprint density at radius 3 is 1.57 bits per heavy atom. The number of nitrogens with zero attached hydrogens (tertiary/aromatic N) is 1. The van der Waals surface area contributed by atoms with Crippen LogP contribution in [0.1, 0.15) is 36.1 Å². The van der Waals surface area contributed by atoms with Crippen LogP contribution in [0.5, 0.6) is 0 Å². The van der Waals surface area contributed by atoms with E-state index in [0.717, 1.165) is 26.1 Å². The van der Waals surface area contributed by atoms with Gasteiger partial charge in [0, 0.05) is 25.7 Å². The Morgan fingerprint density at radius 1 is 0.690 bits per heavy atom. The molecule has 7 heteroatoms. The lowest BCUT2D eigenvalue weighted by atomic mass is 9.97. The zero-order valence-corrected chi connectivity index (χ0v) is 25.6. The second-order valence-electron chi connectivity index (χ2n) is 11.0. The molecule has 0 aliphatic heterocycles. The Hall–Kier alpha value is -3.33. The second kappa shape index (κ2) is 16.9. The maximum absolute atomic E-state index is 11.3. The molecule has 0 heterocycles. The molecule has 4 aromatic carbocycles. The summed E-state index contributed by atoms with van der Waals surface area (Å²) in [5, 5.41) is 14.8. The SMILES string of the molecule is CC(C)CNCC(O)C(Cc1ccccc1)N(Cc1ccccc1)Cc1ccccc1.Cc1ccccc1S(=O)(=O)O. The van der Waals surface area contributed by atoms with Gasteiger partial charge in [-0.05, 0) is 54.1 Å². The van der Waals surface area contributed by atoms with Crippen molar-refractivity contribution in [2.24, 2.45) is 5.92 Å². The van der Waals surface area contributed by atoms with Crippen molar-refractivity contribution in [3.8, 4) is 0 Å². The van der Waals surface area contributed by atoms with Crippen LogP contribution in [0.15, 0.2) is 120 Å². The van der Waals surface area contributed by atoms with E-state index in [1.165, 1.54) is 22.8 Å². The van der Waals surface area contributed by atoms with Crippen LogP contribution >= 0.6 is 0 Å². The standard InChI is InChI=1S/C28H36N2O.C7H8O3S/c1-23(2)19-29-20-28(31)27(18-24-12-6-3-7-13-24)30(21-25-14-8-4-9-15-25)22-26-16-10-5-11-17-26;1-6-4-2-3-5-7(6)11(8,9)10/h3-17,23,27-29,31H,18-22H2,1-2H3;2-5H,1H3,(H,8,9,10). The lowest BCUT2D eigenvalue weighted by Gasteiger charge is -2.36. The number of benzene rings is 4. The van der Waals surface area contributed by atoms with Crippen LogP contribution < -0.4 is 5.32 Å². The molecule has 2 unspecified atom stereocenters. The van der Waals surface area contributed by atoms with E-state index in [-0.39, 0.29) is 10.9 Å². The van der Waals surface area contributed by atoms with E-state index in [2.05, 4.69) is 109 Å². The molecular formula is C35H44N2O4S. The van der Waals surface area contributed by atoms with Gasteiger partial charge in [-0.25, -0.2) is 0 Å². The molecule has 3 N–H and O–H groups in total. The smallest absolute Gasteiger partial charge is 0.294 e. The number of hydrogen-bond donors (Lipinski definition) is 3. The summed E-state index contributed by atoms with van der Waals surface area (Å²) in [4.78, 5) is 2.40. The fraction of sp³-hybridized carbons (Fsp3) is 0.314. The monoisotopic (exact) mass is 588 g/mol. The summed E-state index contributed by atoms with van der Waals surface area (Å²) in [6, 6.07) is 37.9. The molecule has 0 saturated heterocycles. The highest BCUT2D eigenvalue weighted by Crippen LogP contribution is 2.20. The van der Waals surface area contributed by atoms with E-state index < -0.39 is 16.2 Å². The molecule has 0 fully saturated rings. The van der Waals surface area contributed by atoms with E-state index in [9.17, 15) is 13.5 Å². The molecule has 0 bridgehead atoms. The minimum atomic E-state index is -4.03. The first-order chi connectivity index (χ1) is 20.1. The van der Waals surface area contributed by atoms with Crippen molar-refractivity contribution in [1.29, 1.82) is 0 Å². The molecule has 224 valence electrons. The van der Waals surface area contributed by atoms with Gasteiger partial charge in [0.1, 0.15) is 0 Å². The molecule has 0 aliphatic rings. The third-order valence-corrected chi connectivity index (χ3v) is 7.95. The third kappa shape index (κ3) is 11.5. The van der Waals surface area contributed by atoms with Crippen LogP contribution in [-0.4, -0.2) is 48.2 Å². The van der Waals surface area contributed by atoms with Crippen LogP contribution in [0.3, 0.4) is 0 Å². The van der Waals surface area contributed by atoms with E-state index in [4.69, 9.17) is 4.55 Å². The molecule has 0 saturated carbocycles. The zero-order valence-electron chi connectivity index (χ0n) is 24.8. The Morgan fingerprint density at radius 2 is 1.14 bits per heavy atom. The summed E-state index contributed by atoms with van der Waals surface area (Å²) in [6.45, 7) is 9.12.